The Morgan fingerprint density at radius 3 is 2.62 bits per heavy atom. The van der Waals surface area contributed by atoms with Crippen molar-refractivity contribution in [2.45, 2.75) is 17.4 Å². The number of benzene rings is 2. The van der Waals surface area contributed by atoms with E-state index in [0.29, 0.717) is 42.0 Å². The SMILES string of the molecule is COc1cc(-c2cn3nc(S(N)(=O)=O)sc3n2)ccc1OCCCOCc1ccccc1. The largest absolute Gasteiger partial charge is 0.493 e. The molecule has 0 aliphatic carbocycles. The van der Waals surface area contributed by atoms with Crippen LogP contribution in [0.4, 0.5) is 0 Å². The number of nitrogens with zero attached hydrogens (tertiary/aromatic N) is 3. The van der Waals surface area contributed by atoms with E-state index in [2.05, 4.69) is 10.1 Å². The summed E-state index contributed by atoms with van der Waals surface area (Å²) in [6.45, 7) is 1.66. The highest BCUT2D eigenvalue weighted by molar-refractivity contribution is 7.91. The van der Waals surface area contributed by atoms with Gasteiger partial charge in [-0.25, -0.2) is 23.1 Å². The summed E-state index contributed by atoms with van der Waals surface area (Å²) in [5.41, 5.74) is 2.56. The summed E-state index contributed by atoms with van der Waals surface area (Å²) >= 11 is 0.909. The first-order valence-electron chi connectivity index (χ1n) is 9.76. The fraction of sp³-hybridized carbons (Fsp3) is 0.238. The van der Waals surface area contributed by atoms with E-state index in [1.54, 1.807) is 13.3 Å². The molecule has 4 aromatic rings. The van der Waals surface area contributed by atoms with Crippen molar-refractivity contribution in [1.29, 1.82) is 0 Å². The van der Waals surface area contributed by atoms with Gasteiger partial charge in [0.05, 0.1) is 38.8 Å². The third kappa shape index (κ3) is 5.25. The highest BCUT2D eigenvalue weighted by Crippen LogP contribution is 2.33. The van der Waals surface area contributed by atoms with E-state index in [4.69, 9.17) is 19.3 Å². The molecular formula is C21H22N4O5S2. The molecule has 2 aromatic heterocycles. The van der Waals surface area contributed by atoms with Crippen LogP contribution in [-0.2, 0) is 21.4 Å². The van der Waals surface area contributed by atoms with Crippen LogP contribution in [0.5, 0.6) is 11.5 Å². The first-order valence-corrected chi connectivity index (χ1v) is 12.1. The molecule has 9 nitrogen and oxygen atoms in total. The summed E-state index contributed by atoms with van der Waals surface area (Å²) < 4.78 is 41.1. The van der Waals surface area contributed by atoms with Crippen molar-refractivity contribution in [3.05, 3.63) is 60.3 Å². The number of rotatable bonds is 10. The number of imidazole rings is 1. The minimum absolute atomic E-state index is 0.180. The molecule has 168 valence electrons. The zero-order valence-electron chi connectivity index (χ0n) is 17.3. The van der Waals surface area contributed by atoms with Gasteiger partial charge in [-0.2, -0.15) is 0 Å². The van der Waals surface area contributed by atoms with Crippen molar-refractivity contribution >= 4 is 26.3 Å². The molecule has 0 amide bonds. The van der Waals surface area contributed by atoms with Gasteiger partial charge in [-0.05, 0) is 23.8 Å². The van der Waals surface area contributed by atoms with Gasteiger partial charge < -0.3 is 14.2 Å². The number of ether oxygens (including phenoxy) is 3. The molecule has 0 saturated carbocycles. The van der Waals surface area contributed by atoms with Gasteiger partial charge in [-0.3, -0.25) is 0 Å². The summed E-state index contributed by atoms with van der Waals surface area (Å²) in [4.78, 5) is 4.86. The first-order chi connectivity index (χ1) is 15.4. The maximum absolute atomic E-state index is 11.4. The minimum atomic E-state index is -3.86. The molecule has 2 aromatic carbocycles. The van der Waals surface area contributed by atoms with Crippen LogP contribution in [0.2, 0.25) is 0 Å². The Kier molecular flexibility index (Phi) is 6.70. The van der Waals surface area contributed by atoms with Crippen molar-refractivity contribution in [3.8, 4) is 22.8 Å². The van der Waals surface area contributed by atoms with Gasteiger partial charge in [-0.15, -0.1) is 5.10 Å². The van der Waals surface area contributed by atoms with Crippen molar-refractivity contribution in [2.24, 2.45) is 5.14 Å². The van der Waals surface area contributed by atoms with E-state index in [0.717, 1.165) is 28.9 Å². The molecule has 0 saturated heterocycles. The highest BCUT2D eigenvalue weighted by atomic mass is 32.2. The van der Waals surface area contributed by atoms with E-state index >= 15 is 0 Å². The molecule has 0 unspecified atom stereocenters. The van der Waals surface area contributed by atoms with Crippen LogP contribution >= 0.6 is 11.3 Å². The number of fused-ring (bicyclic) bond motifs is 1. The second-order valence-corrected chi connectivity index (χ2v) is 9.56. The van der Waals surface area contributed by atoms with Crippen LogP contribution in [-0.4, -0.2) is 43.3 Å². The summed E-state index contributed by atoms with van der Waals surface area (Å²) in [5.74, 6) is 1.19. The van der Waals surface area contributed by atoms with Gasteiger partial charge in [0, 0.05) is 12.0 Å². The lowest BCUT2D eigenvalue weighted by atomic mass is 10.1. The Balaban J connectivity index is 1.35. The second kappa shape index (κ2) is 9.65. The summed E-state index contributed by atoms with van der Waals surface area (Å²) in [6.07, 6.45) is 2.38. The van der Waals surface area contributed by atoms with E-state index in [1.807, 2.05) is 48.5 Å². The van der Waals surface area contributed by atoms with Crippen LogP contribution in [0.3, 0.4) is 0 Å². The summed E-state index contributed by atoms with van der Waals surface area (Å²) in [6, 6.07) is 15.5. The van der Waals surface area contributed by atoms with E-state index in [9.17, 15) is 8.42 Å². The quantitative estimate of drug-likeness (QED) is 0.351. The molecule has 0 radical (unpaired) electrons. The Labute approximate surface area is 189 Å². The lowest BCUT2D eigenvalue weighted by Gasteiger charge is -2.12. The zero-order chi connectivity index (χ0) is 22.6. The van der Waals surface area contributed by atoms with Crippen LogP contribution < -0.4 is 14.6 Å². The first kappa shape index (κ1) is 22.2. The van der Waals surface area contributed by atoms with Crippen molar-refractivity contribution in [3.63, 3.8) is 0 Å². The molecule has 0 spiro atoms. The van der Waals surface area contributed by atoms with Crippen molar-refractivity contribution in [1.82, 2.24) is 14.6 Å². The van der Waals surface area contributed by atoms with Gasteiger partial charge in [0.2, 0.25) is 9.30 Å². The maximum Gasteiger partial charge on any atom is 0.267 e. The van der Waals surface area contributed by atoms with Crippen LogP contribution in [0.1, 0.15) is 12.0 Å². The van der Waals surface area contributed by atoms with Crippen LogP contribution in [0.15, 0.2) is 59.1 Å². The molecule has 2 N–H and O–H groups in total. The third-order valence-electron chi connectivity index (χ3n) is 4.53. The van der Waals surface area contributed by atoms with E-state index in [-0.39, 0.29) is 4.34 Å². The Bertz CT molecular complexity index is 1270. The predicted molar refractivity (Wildman–Crippen MR) is 120 cm³/mol. The zero-order valence-corrected chi connectivity index (χ0v) is 18.9. The fourth-order valence-corrected chi connectivity index (χ4v) is 4.50. The molecule has 0 aliphatic heterocycles. The van der Waals surface area contributed by atoms with E-state index < -0.39 is 10.0 Å². The summed E-state index contributed by atoms with van der Waals surface area (Å²) in [7, 11) is -2.29. The molecular weight excluding hydrogens is 452 g/mol. The van der Waals surface area contributed by atoms with Gasteiger partial charge in [0.1, 0.15) is 0 Å². The highest BCUT2D eigenvalue weighted by Gasteiger charge is 2.18. The standard InChI is InChI=1S/C21H22N4O5S2/c1-28-19-12-16(17-13-25-20(23-17)31-21(24-25)32(22,26)27)8-9-18(19)30-11-5-10-29-14-15-6-3-2-4-7-15/h2-4,6-9,12-13H,5,10-11,14H2,1H3,(H2,22,26,27). The van der Waals surface area contributed by atoms with Crippen molar-refractivity contribution < 1.29 is 22.6 Å². The molecule has 4 rings (SSSR count). The Morgan fingerprint density at radius 1 is 1.09 bits per heavy atom. The number of sulfonamides is 1. The molecule has 0 bridgehead atoms. The Hall–Kier alpha value is -2.99. The molecule has 11 heteroatoms. The smallest absolute Gasteiger partial charge is 0.267 e. The monoisotopic (exact) mass is 474 g/mol. The van der Waals surface area contributed by atoms with Crippen LogP contribution in [0.25, 0.3) is 16.2 Å². The Morgan fingerprint density at radius 2 is 1.91 bits per heavy atom. The number of methoxy groups -OCH3 is 1. The number of primary sulfonamides is 1. The third-order valence-corrected chi connectivity index (χ3v) is 6.76. The lowest BCUT2D eigenvalue weighted by Crippen LogP contribution is -2.12. The number of aromatic nitrogens is 3. The topological polar surface area (TPSA) is 118 Å². The average Bonchev–Trinajstić information content (AvgIpc) is 3.36. The van der Waals surface area contributed by atoms with Crippen molar-refractivity contribution in [2.75, 3.05) is 20.3 Å². The number of hydrogen-bond acceptors (Lipinski definition) is 8. The normalized spacial score (nSPS) is 11.7. The average molecular weight is 475 g/mol. The van der Waals surface area contributed by atoms with Gasteiger partial charge >= 0.3 is 0 Å². The molecule has 0 fully saturated rings. The lowest BCUT2D eigenvalue weighted by molar-refractivity contribution is 0.107. The molecule has 0 aliphatic rings. The van der Waals surface area contributed by atoms with E-state index in [1.165, 1.54) is 4.52 Å². The van der Waals surface area contributed by atoms with Gasteiger partial charge in [0.15, 0.2) is 11.5 Å². The molecule has 0 atom stereocenters. The van der Waals surface area contributed by atoms with Gasteiger partial charge in [-0.1, -0.05) is 41.7 Å². The predicted octanol–water partition coefficient (Wildman–Crippen LogP) is 3.10. The minimum Gasteiger partial charge on any atom is -0.493 e. The maximum atomic E-state index is 11.4. The number of nitrogens with two attached hydrogens (primary N) is 1. The summed E-state index contributed by atoms with van der Waals surface area (Å²) in [5, 5.41) is 9.08. The molecule has 32 heavy (non-hydrogen) atoms. The fourth-order valence-electron chi connectivity index (χ4n) is 2.99. The van der Waals surface area contributed by atoms with Crippen LogP contribution in [0, 0.1) is 0 Å². The second-order valence-electron chi connectivity index (χ2n) is 6.87. The van der Waals surface area contributed by atoms with Gasteiger partial charge in [0.25, 0.3) is 10.0 Å². The number of hydrogen-bond donors (Lipinski definition) is 1. The molecule has 2 heterocycles.